The number of fused-ring (bicyclic) bond motifs is 1. The SMILES string of the molecule is OCNc1ccc2ncsc2c1. The van der Waals surface area contributed by atoms with Crippen molar-refractivity contribution in [2.24, 2.45) is 0 Å². The summed E-state index contributed by atoms with van der Waals surface area (Å²) < 4.78 is 1.13. The van der Waals surface area contributed by atoms with Gasteiger partial charge in [0.25, 0.3) is 0 Å². The molecule has 62 valence electrons. The summed E-state index contributed by atoms with van der Waals surface area (Å²) >= 11 is 1.59. The summed E-state index contributed by atoms with van der Waals surface area (Å²) in [6, 6.07) is 5.81. The number of aromatic nitrogens is 1. The highest BCUT2D eigenvalue weighted by atomic mass is 32.1. The van der Waals surface area contributed by atoms with Gasteiger partial charge < -0.3 is 10.4 Å². The largest absolute Gasteiger partial charge is 0.377 e. The molecule has 0 unspecified atom stereocenters. The predicted molar refractivity (Wildman–Crippen MR) is 50.3 cm³/mol. The molecule has 1 aromatic carbocycles. The topological polar surface area (TPSA) is 45.1 Å². The van der Waals surface area contributed by atoms with E-state index in [0.29, 0.717) is 0 Å². The molecule has 4 heteroatoms. The Hall–Kier alpha value is -1.13. The Kier molecular flexibility index (Phi) is 1.93. The molecule has 2 N–H and O–H groups in total. The average Bonchev–Trinajstić information content (AvgIpc) is 2.51. The minimum atomic E-state index is -0.0374. The van der Waals surface area contributed by atoms with Gasteiger partial charge >= 0.3 is 0 Å². The van der Waals surface area contributed by atoms with Gasteiger partial charge in [0.05, 0.1) is 15.7 Å². The van der Waals surface area contributed by atoms with Gasteiger partial charge in [0.1, 0.15) is 6.73 Å². The third-order valence-electron chi connectivity index (χ3n) is 1.61. The summed E-state index contributed by atoms with van der Waals surface area (Å²) in [6.45, 7) is -0.0374. The van der Waals surface area contributed by atoms with E-state index >= 15 is 0 Å². The predicted octanol–water partition coefficient (Wildman–Crippen LogP) is 1.66. The number of hydrogen-bond acceptors (Lipinski definition) is 4. The van der Waals surface area contributed by atoms with Crippen LogP contribution in [0.25, 0.3) is 10.2 Å². The number of anilines is 1. The van der Waals surface area contributed by atoms with Crippen molar-refractivity contribution in [1.82, 2.24) is 4.98 Å². The van der Waals surface area contributed by atoms with E-state index in [1.54, 1.807) is 11.3 Å². The zero-order valence-electron chi connectivity index (χ0n) is 6.32. The summed E-state index contributed by atoms with van der Waals surface area (Å²) in [5, 5.41) is 11.4. The van der Waals surface area contributed by atoms with Crippen molar-refractivity contribution in [1.29, 1.82) is 0 Å². The smallest absolute Gasteiger partial charge is 0.113 e. The molecule has 0 saturated heterocycles. The molecule has 0 atom stereocenters. The van der Waals surface area contributed by atoms with E-state index in [-0.39, 0.29) is 6.73 Å². The van der Waals surface area contributed by atoms with Gasteiger partial charge in [-0.05, 0) is 18.2 Å². The second kappa shape index (κ2) is 3.08. The van der Waals surface area contributed by atoms with Crippen LogP contribution in [-0.2, 0) is 0 Å². The van der Waals surface area contributed by atoms with Gasteiger partial charge in [-0.15, -0.1) is 11.3 Å². The second-order valence-corrected chi connectivity index (χ2v) is 3.26. The molecule has 2 rings (SSSR count). The third-order valence-corrected chi connectivity index (χ3v) is 2.41. The second-order valence-electron chi connectivity index (χ2n) is 2.37. The lowest BCUT2D eigenvalue weighted by atomic mass is 10.3. The van der Waals surface area contributed by atoms with Gasteiger partial charge in [-0.25, -0.2) is 4.98 Å². The first-order chi connectivity index (χ1) is 5.90. The molecule has 0 fully saturated rings. The van der Waals surface area contributed by atoms with E-state index in [2.05, 4.69) is 10.3 Å². The van der Waals surface area contributed by atoms with E-state index in [1.165, 1.54) is 0 Å². The molecule has 0 aliphatic rings. The van der Waals surface area contributed by atoms with E-state index in [4.69, 9.17) is 5.11 Å². The summed E-state index contributed by atoms with van der Waals surface area (Å²) in [6.07, 6.45) is 0. The molecule has 0 aliphatic heterocycles. The van der Waals surface area contributed by atoms with Gasteiger partial charge in [-0.1, -0.05) is 0 Å². The van der Waals surface area contributed by atoms with Crippen LogP contribution < -0.4 is 5.32 Å². The maximum atomic E-state index is 8.62. The Labute approximate surface area is 73.7 Å². The van der Waals surface area contributed by atoms with Crippen LogP contribution in [0.5, 0.6) is 0 Å². The zero-order valence-corrected chi connectivity index (χ0v) is 7.14. The van der Waals surface area contributed by atoms with Gasteiger partial charge in [0, 0.05) is 5.69 Å². The first-order valence-corrected chi connectivity index (χ1v) is 4.46. The number of aliphatic hydroxyl groups excluding tert-OH is 1. The standard InChI is InChI=1S/C8H8N2OS/c11-4-9-6-1-2-7-8(3-6)12-5-10-7/h1-3,5,9,11H,4H2. The van der Waals surface area contributed by atoms with Crippen molar-refractivity contribution >= 4 is 27.2 Å². The number of rotatable bonds is 2. The first kappa shape index (κ1) is 7.52. The van der Waals surface area contributed by atoms with Crippen LogP contribution in [0.15, 0.2) is 23.7 Å². The van der Waals surface area contributed by atoms with Crippen molar-refractivity contribution in [3.63, 3.8) is 0 Å². The minimum Gasteiger partial charge on any atom is -0.377 e. The number of aliphatic hydroxyl groups is 1. The molecular weight excluding hydrogens is 172 g/mol. The molecule has 0 spiro atoms. The molecule has 0 bridgehead atoms. The highest BCUT2D eigenvalue weighted by Crippen LogP contribution is 2.21. The lowest BCUT2D eigenvalue weighted by molar-refractivity contribution is 0.326. The van der Waals surface area contributed by atoms with Crippen molar-refractivity contribution < 1.29 is 5.11 Å². The van der Waals surface area contributed by atoms with Crippen molar-refractivity contribution in [3.05, 3.63) is 23.7 Å². The van der Waals surface area contributed by atoms with E-state index in [0.717, 1.165) is 15.9 Å². The Bertz CT molecular complexity index is 385. The number of nitrogens with one attached hydrogen (secondary N) is 1. The fraction of sp³-hybridized carbons (Fsp3) is 0.125. The number of thiazole rings is 1. The molecule has 12 heavy (non-hydrogen) atoms. The molecule has 0 saturated carbocycles. The highest BCUT2D eigenvalue weighted by molar-refractivity contribution is 7.16. The van der Waals surface area contributed by atoms with Gasteiger partial charge in [0.15, 0.2) is 0 Å². The third kappa shape index (κ3) is 1.26. The molecule has 3 nitrogen and oxygen atoms in total. The van der Waals surface area contributed by atoms with Crippen LogP contribution in [0.1, 0.15) is 0 Å². The quantitative estimate of drug-likeness (QED) is 0.691. The molecule has 2 aromatic rings. The fourth-order valence-corrected chi connectivity index (χ4v) is 1.77. The molecule has 0 radical (unpaired) electrons. The van der Waals surface area contributed by atoms with Crippen LogP contribution in [0.2, 0.25) is 0 Å². The van der Waals surface area contributed by atoms with Gasteiger partial charge in [-0.2, -0.15) is 0 Å². The van der Waals surface area contributed by atoms with Crippen LogP contribution in [-0.4, -0.2) is 16.8 Å². The monoisotopic (exact) mass is 180 g/mol. The van der Waals surface area contributed by atoms with E-state index < -0.39 is 0 Å². The zero-order chi connectivity index (χ0) is 8.39. The van der Waals surface area contributed by atoms with Crippen molar-refractivity contribution in [2.75, 3.05) is 12.0 Å². The average molecular weight is 180 g/mol. The Morgan fingerprint density at radius 1 is 1.50 bits per heavy atom. The molecule has 0 amide bonds. The van der Waals surface area contributed by atoms with Crippen molar-refractivity contribution in [2.45, 2.75) is 0 Å². The Morgan fingerprint density at radius 3 is 3.25 bits per heavy atom. The lowest BCUT2D eigenvalue weighted by Crippen LogP contribution is -1.98. The molecular formula is C8H8N2OS. The van der Waals surface area contributed by atoms with Crippen LogP contribution in [0, 0.1) is 0 Å². The summed E-state index contributed by atoms with van der Waals surface area (Å²) in [5.74, 6) is 0. The van der Waals surface area contributed by atoms with Gasteiger partial charge in [0.2, 0.25) is 0 Å². The summed E-state index contributed by atoms with van der Waals surface area (Å²) in [4.78, 5) is 4.15. The lowest BCUT2D eigenvalue weighted by Gasteiger charge is -2.00. The highest BCUT2D eigenvalue weighted by Gasteiger charge is 1.96. The Balaban J connectivity index is 2.46. The maximum Gasteiger partial charge on any atom is 0.113 e. The maximum absolute atomic E-state index is 8.62. The number of benzene rings is 1. The molecule has 1 aromatic heterocycles. The molecule has 1 heterocycles. The fourth-order valence-electron chi connectivity index (χ4n) is 1.06. The minimum absolute atomic E-state index is 0.0374. The number of hydrogen-bond donors (Lipinski definition) is 2. The van der Waals surface area contributed by atoms with Gasteiger partial charge in [-0.3, -0.25) is 0 Å². The normalized spacial score (nSPS) is 10.4. The van der Waals surface area contributed by atoms with E-state index in [1.807, 2.05) is 23.7 Å². The number of nitrogens with zero attached hydrogens (tertiary/aromatic N) is 1. The van der Waals surface area contributed by atoms with E-state index in [9.17, 15) is 0 Å². The first-order valence-electron chi connectivity index (χ1n) is 3.58. The van der Waals surface area contributed by atoms with Crippen LogP contribution >= 0.6 is 11.3 Å². The van der Waals surface area contributed by atoms with Crippen molar-refractivity contribution in [3.8, 4) is 0 Å². The Morgan fingerprint density at radius 2 is 2.42 bits per heavy atom. The van der Waals surface area contributed by atoms with Crippen LogP contribution in [0.4, 0.5) is 5.69 Å². The summed E-state index contributed by atoms with van der Waals surface area (Å²) in [5.41, 5.74) is 3.74. The molecule has 0 aliphatic carbocycles. The summed E-state index contributed by atoms with van der Waals surface area (Å²) in [7, 11) is 0. The van der Waals surface area contributed by atoms with Crippen LogP contribution in [0.3, 0.4) is 0 Å².